The zero-order chi connectivity index (χ0) is 10.8. The van der Waals surface area contributed by atoms with Gasteiger partial charge in [-0.2, -0.15) is 10.1 Å². The molecule has 0 aromatic carbocycles. The van der Waals surface area contributed by atoms with E-state index >= 15 is 0 Å². The van der Waals surface area contributed by atoms with Gasteiger partial charge in [-0.15, -0.1) is 0 Å². The van der Waals surface area contributed by atoms with Crippen molar-refractivity contribution in [2.75, 3.05) is 6.61 Å². The molecule has 2 heterocycles. The molecule has 0 fully saturated rings. The first-order chi connectivity index (χ1) is 7.20. The van der Waals surface area contributed by atoms with Crippen LogP contribution in [0.1, 0.15) is 11.9 Å². The Kier molecular flexibility index (Phi) is 2.48. The molecule has 2 rings (SSSR count). The smallest absolute Gasteiger partial charge is 0.278 e. The predicted octanol–water partition coefficient (Wildman–Crippen LogP) is -0.538. The molecular formula is C8H11N5O2. The lowest BCUT2D eigenvalue weighted by molar-refractivity contribution is 0.260. The Morgan fingerprint density at radius 2 is 2.47 bits per heavy atom. The highest BCUT2D eigenvalue weighted by Crippen LogP contribution is 2.15. The van der Waals surface area contributed by atoms with Crippen LogP contribution in [0.15, 0.2) is 16.8 Å². The Morgan fingerprint density at radius 3 is 3.07 bits per heavy atom. The van der Waals surface area contributed by atoms with E-state index in [1.807, 2.05) is 0 Å². The molecule has 15 heavy (non-hydrogen) atoms. The van der Waals surface area contributed by atoms with Gasteiger partial charge in [-0.3, -0.25) is 4.68 Å². The number of nitrogens with two attached hydrogens (primary N) is 1. The van der Waals surface area contributed by atoms with Gasteiger partial charge in [-0.05, 0) is 6.07 Å². The van der Waals surface area contributed by atoms with Crippen LogP contribution in [0.5, 0.6) is 0 Å². The van der Waals surface area contributed by atoms with Gasteiger partial charge in [0.25, 0.3) is 5.89 Å². The van der Waals surface area contributed by atoms with Crippen molar-refractivity contribution in [1.82, 2.24) is 19.9 Å². The monoisotopic (exact) mass is 209 g/mol. The number of aromatic nitrogens is 4. The van der Waals surface area contributed by atoms with Crippen LogP contribution in [-0.4, -0.2) is 31.6 Å². The molecule has 0 saturated carbocycles. The van der Waals surface area contributed by atoms with Gasteiger partial charge in [0, 0.05) is 13.2 Å². The number of nitrogens with zero attached hydrogens (tertiary/aromatic N) is 4. The van der Waals surface area contributed by atoms with Crippen LogP contribution in [-0.2, 0) is 7.05 Å². The maximum absolute atomic E-state index is 8.81. The molecule has 3 N–H and O–H groups in total. The van der Waals surface area contributed by atoms with Crippen molar-refractivity contribution >= 4 is 0 Å². The molecule has 2 aromatic rings. The number of aliphatic hydroxyl groups excluding tert-OH is 1. The van der Waals surface area contributed by atoms with Crippen molar-refractivity contribution in [3.8, 4) is 11.6 Å². The second-order valence-electron chi connectivity index (χ2n) is 3.12. The fourth-order valence-corrected chi connectivity index (χ4v) is 1.10. The van der Waals surface area contributed by atoms with Gasteiger partial charge >= 0.3 is 0 Å². The molecule has 0 aliphatic heterocycles. The highest BCUT2D eigenvalue weighted by Gasteiger charge is 2.15. The van der Waals surface area contributed by atoms with Crippen molar-refractivity contribution in [2.45, 2.75) is 6.04 Å². The molecule has 0 amide bonds. The van der Waals surface area contributed by atoms with E-state index in [9.17, 15) is 0 Å². The maximum atomic E-state index is 8.81. The quantitative estimate of drug-likeness (QED) is 0.703. The summed E-state index contributed by atoms with van der Waals surface area (Å²) in [6.07, 6.45) is 1.77. The third kappa shape index (κ3) is 1.88. The van der Waals surface area contributed by atoms with Gasteiger partial charge in [0.15, 0.2) is 11.5 Å². The standard InChI is InChI=1S/C8H11N5O2/c1-13-3-2-6(11-13)8-10-7(12-15-8)5(9)4-14/h2-3,5,14H,4,9H2,1H3. The lowest BCUT2D eigenvalue weighted by Crippen LogP contribution is -2.15. The van der Waals surface area contributed by atoms with Gasteiger partial charge in [0.05, 0.1) is 12.6 Å². The van der Waals surface area contributed by atoms with Crippen LogP contribution in [0.2, 0.25) is 0 Å². The average molecular weight is 209 g/mol. The van der Waals surface area contributed by atoms with Gasteiger partial charge in [0.2, 0.25) is 0 Å². The molecule has 0 aliphatic carbocycles. The fourth-order valence-electron chi connectivity index (χ4n) is 1.10. The van der Waals surface area contributed by atoms with Crippen molar-refractivity contribution in [1.29, 1.82) is 0 Å². The van der Waals surface area contributed by atoms with Crippen molar-refractivity contribution in [3.05, 3.63) is 18.1 Å². The predicted molar refractivity (Wildman–Crippen MR) is 50.5 cm³/mol. The first kappa shape index (κ1) is 9.81. The summed E-state index contributed by atoms with van der Waals surface area (Å²) in [5.41, 5.74) is 6.11. The second-order valence-corrected chi connectivity index (χ2v) is 3.12. The highest BCUT2D eigenvalue weighted by atomic mass is 16.5. The Hall–Kier alpha value is -1.73. The molecule has 0 aliphatic rings. The maximum Gasteiger partial charge on any atom is 0.278 e. The molecule has 1 atom stereocenters. The number of rotatable bonds is 3. The molecule has 7 nitrogen and oxygen atoms in total. The van der Waals surface area contributed by atoms with Crippen LogP contribution in [0.25, 0.3) is 11.6 Å². The second kappa shape index (κ2) is 3.79. The summed E-state index contributed by atoms with van der Waals surface area (Å²) in [5, 5.41) is 16.6. The Balaban J connectivity index is 2.27. The summed E-state index contributed by atoms with van der Waals surface area (Å²) >= 11 is 0. The molecule has 0 bridgehead atoms. The van der Waals surface area contributed by atoms with E-state index in [1.54, 1.807) is 24.0 Å². The Bertz CT molecular complexity index is 449. The number of aryl methyl sites for hydroxylation is 1. The van der Waals surface area contributed by atoms with Crippen LogP contribution in [0, 0.1) is 0 Å². The van der Waals surface area contributed by atoms with E-state index in [0.717, 1.165) is 0 Å². The van der Waals surface area contributed by atoms with Gasteiger partial charge in [0.1, 0.15) is 0 Å². The summed E-state index contributed by atoms with van der Waals surface area (Å²) in [6.45, 7) is -0.221. The normalized spacial score (nSPS) is 13.0. The first-order valence-corrected chi connectivity index (χ1v) is 4.41. The van der Waals surface area contributed by atoms with E-state index in [4.69, 9.17) is 15.4 Å². The summed E-state index contributed by atoms with van der Waals surface area (Å²) in [6, 6.07) is 1.13. The zero-order valence-electron chi connectivity index (χ0n) is 8.16. The highest BCUT2D eigenvalue weighted by molar-refractivity contribution is 5.44. The Labute approximate surface area is 85.5 Å². The van der Waals surface area contributed by atoms with E-state index in [0.29, 0.717) is 11.6 Å². The largest absolute Gasteiger partial charge is 0.394 e. The third-order valence-electron chi connectivity index (χ3n) is 1.90. The van der Waals surface area contributed by atoms with Gasteiger partial charge in [-0.1, -0.05) is 5.16 Å². The van der Waals surface area contributed by atoms with Crippen molar-refractivity contribution in [3.63, 3.8) is 0 Å². The summed E-state index contributed by atoms with van der Waals surface area (Å²) in [4.78, 5) is 4.03. The molecule has 1 unspecified atom stereocenters. The topological polar surface area (TPSA) is 103 Å². The molecule has 7 heteroatoms. The van der Waals surface area contributed by atoms with Gasteiger partial charge in [-0.25, -0.2) is 0 Å². The van der Waals surface area contributed by atoms with Crippen LogP contribution in [0.4, 0.5) is 0 Å². The molecule has 2 aromatic heterocycles. The molecule has 80 valence electrons. The number of hydrogen-bond donors (Lipinski definition) is 2. The minimum absolute atomic E-state index is 0.221. The lowest BCUT2D eigenvalue weighted by Gasteiger charge is -1.98. The fraction of sp³-hybridized carbons (Fsp3) is 0.375. The number of aliphatic hydroxyl groups is 1. The lowest BCUT2D eigenvalue weighted by atomic mass is 10.3. The van der Waals surface area contributed by atoms with Crippen LogP contribution < -0.4 is 5.73 Å². The zero-order valence-corrected chi connectivity index (χ0v) is 8.16. The summed E-state index contributed by atoms with van der Waals surface area (Å²) < 4.78 is 6.59. The first-order valence-electron chi connectivity index (χ1n) is 4.41. The molecular weight excluding hydrogens is 198 g/mol. The van der Waals surface area contributed by atoms with Crippen LogP contribution >= 0.6 is 0 Å². The third-order valence-corrected chi connectivity index (χ3v) is 1.90. The van der Waals surface area contributed by atoms with Crippen molar-refractivity contribution in [2.24, 2.45) is 12.8 Å². The average Bonchev–Trinajstić information content (AvgIpc) is 2.84. The van der Waals surface area contributed by atoms with Crippen molar-refractivity contribution < 1.29 is 9.63 Å². The molecule has 0 saturated heterocycles. The SMILES string of the molecule is Cn1ccc(-c2nc(C(N)CO)no2)n1. The van der Waals surface area contributed by atoms with Gasteiger partial charge < -0.3 is 15.4 Å². The Morgan fingerprint density at radius 1 is 1.67 bits per heavy atom. The van der Waals surface area contributed by atoms with E-state index in [1.165, 1.54) is 0 Å². The summed E-state index contributed by atoms with van der Waals surface area (Å²) in [5.74, 6) is 0.577. The molecule has 0 radical (unpaired) electrons. The minimum Gasteiger partial charge on any atom is -0.394 e. The minimum atomic E-state index is -0.619. The van der Waals surface area contributed by atoms with E-state index in [-0.39, 0.29) is 12.4 Å². The van der Waals surface area contributed by atoms with E-state index in [2.05, 4.69) is 15.2 Å². The summed E-state index contributed by atoms with van der Waals surface area (Å²) in [7, 11) is 1.79. The van der Waals surface area contributed by atoms with E-state index < -0.39 is 6.04 Å². The number of hydrogen-bond acceptors (Lipinski definition) is 6. The van der Waals surface area contributed by atoms with Crippen LogP contribution in [0.3, 0.4) is 0 Å². The molecule has 0 spiro atoms.